The summed E-state index contributed by atoms with van der Waals surface area (Å²) in [7, 11) is -2.32. The Morgan fingerprint density at radius 3 is 2.41 bits per heavy atom. The van der Waals surface area contributed by atoms with Gasteiger partial charge in [-0.3, -0.25) is 23.7 Å². The van der Waals surface area contributed by atoms with Crippen LogP contribution in [0.1, 0.15) is 60.8 Å². The van der Waals surface area contributed by atoms with Gasteiger partial charge in [-0.15, -0.1) is 11.3 Å². The van der Waals surface area contributed by atoms with E-state index < -0.39 is 49.2 Å². The summed E-state index contributed by atoms with van der Waals surface area (Å²) < 4.78 is 43.8. The number of carbonyl (C=O) groups is 4. The van der Waals surface area contributed by atoms with Gasteiger partial charge in [-0.05, 0) is 80.5 Å². The minimum atomic E-state index is -4.03. The molecule has 4 amide bonds. The number of rotatable bonds is 8. The highest BCUT2D eigenvalue weighted by molar-refractivity contribution is 7.32. The number of nitriles is 1. The average molecular weight is 716 g/mol. The van der Waals surface area contributed by atoms with Crippen LogP contribution >= 0.6 is 19.6 Å². The predicted octanol–water partition coefficient (Wildman–Crippen LogP) is 4.52. The molecule has 3 heterocycles. The van der Waals surface area contributed by atoms with Crippen LogP contribution in [0.25, 0.3) is 10.1 Å². The van der Waals surface area contributed by atoms with Crippen molar-refractivity contribution in [2.24, 2.45) is 0 Å². The number of carbonyl (C=O) groups excluding carboxylic acids is 4. The summed E-state index contributed by atoms with van der Waals surface area (Å²) in [5, 5.41) is 12.4. The molecule has 2 saturated heterocycles. The summed E-state index contributed by atoms with van der Waals surface area (Å²) in [5.41, 5.74) is -0.0109. The number of nitrogens with one attached hydrogen (secondary N) is 1. The van der Waals surface area contributed by atoms with E-state index >= 15 is 0 Å². The first-order valence-electron chi connectivity index (χ1n) is 15.5. The van der Waals surface area contributed by atoms with Crippen molar-refractivity contribution in [3.05, 3.63) is 64.5 Å². The van der Waals surface area contributed by atoms with Gasteiger partial charge in [0.2, 0.25) is 17.7 Å². The van der Waals surface area contributed by atoms with E-state index in [1.807, 2.05) is 0 Å². The highest BCUT2D eigenvalue weighted by atomic mass is 32.1. The summed E-state index contributed by atoms with van der Waals surface area (Å²) in [6, 6.07) is 11.7. The lowest BCUT2D eigenvalue weighted by Crippen LogP contribution is -2.61. The van der Waals surface area contributed by atoms with Crippen molar-refractivity contribution in [3.8, 4) is 6.07 Å². The molecule has 1 unspecified atom stereocenters. The highest BCUT2D eigenvalue weighted by Crippen LogP contribution is 2.40. The number of alkyl halides is 2. The number of halogens is 2. The Labute approximate surface area is 286 Å². The minimum Gasteiger partial charge on any atom is -0.340 e. The summed E-state index contributed by atoms with van der Waals surface area (Å²) in [5.74, 6) is -1.79. The molecule has 0 bridgehead atoms. The zero-order chi connectivity index (χ0) is 35.8. The Morgan fingerprint density at radius 1 is 1.10 bits per heavy atom. The van der Waals surface area contributed by atoms with Crippen LogP contribution in [0.2, 0.25) is 0 Å². The maximum Gasteiger partial charge on any atom is 0.389 e. The lowest BCUT2D eigenvalue weighted by molar-refractivity contribution is -0.185. The van der Waals surface area contributed by atoms with Gasteiger partial charge in [0, 0.05) is 43.5 Å². The molecule has 0 aliphatic carbocycles. The zero-order valence-electron chi connectivity index (χ0n) is 27.2. The van der Waals surface area contributed by atoms with Gasteiger partial charge in [0.15, 0.2) is 0 Å². The smallest absolute Gasteiger partial charge is 0.340 e. The highest BCUT2D eigenvalue weighted by Gasteiger charge is 2.46. The second-order valence-corrected chi connectivity index (χ2v) is 14.5. The molecule has 2 aliphatic heterocycles. The molecule has 16 heteroatoms. The van der Waals surface area contributed by atoms with Crippen LogP contribution in [-0.2, 0) is 35.0 Å². The fourth-order valence-corrected chi connectivity index (χ4v) is 7.54. The van der Waals surface area contributed by atoms with Crippen molar-refractivity contribution in [1.29, 1.82) is 5.26 Å². The van der Waals surface area contributed by atoms with Gasteiger partial charge >= 0.3 is 14.4 Å². The lowest BCUT2D eigenvalue weighted by atomic mass is 9.86. The fourth-order valence-electron chi connectivity index (χ4n) is 6.26. The number of likely N-dealkylation sites (N-methyl/N-ethyl adjacent to an activating group) is 1. The molecule has 1 aromatic heterocycles. The molecule has 2 aliphatic rings. The van der Waals surface area contributed by atoms with E-state index in [0.29, 0.717) is 36.2 Å². The third-order valence-electron chi connectivity index (χ3n) is 9.10. The van der Waals surface area contributed by atoms with Crippen LogP contribution in [0, 0.1) is 11.3 Å². The first-order valence-corrected chi connectivity index (χ1v) is 17.6. The van der Waals surface area contributed by atoms with Gasteiger partial charge in [-0.2, -0.15) is 14.0 Å². The topological polar surface area (TPSA) is 160 Å². The van der Waals surface area contributed by atoms with E-state index in [1.165, 1.54) is 33.8 Å². The van der Waals surface area contributed by atoms with Crippen LogP contribution < -0.4 is 10.2 Å². The molecule has 2 fully saturated rings. The molecular weight excluding hydrogens is 679 g/mol. The Kier molecular flexibility index (Phi) is 10.3. The van der Waals surface area contributed by atoms with Crippen molar-refractivity contribution in [1.82, 2.24) is 15.1 Å². The molecule has 0 radical (unpaired) electrons. The number of amides is 4. The van der Waals surface area contributed by atoms with E-state index in [0.717, 1.165) is 29.0 Å². The van der Waals surface area contributed by atoms with Gasteiger partial charge < -0.3 is 24.9 Å². The molecular formula is C33H36F2N5O7PS. The Morgan fingerprint density at radius 2 is 1.78 bits per heavy atom. The van der Waals surface area contributed by atoms with Crippen LogP contribution in [-0.4, -0.2) is 76.6 Å². The Hall–Kier alpha value is -4.22. The van der Waals surface area contributed by atoms with Crippen molar-refractivity contribution in [2.45, 2.75) is 69.7 Å². The molecule has 0 spiro atoms. The van der Waals surface area contributed by atoms with Crippen LogP contribution in [0.15, 0.2) is 48.5 Å². The quantitative estimate of drug-likeness (QED) is 0.322. The second-order valence-electron chi connectivity index (χ2n) is 12.7. The maximum atomic E-state index is 14.3. The third-order valence-corrected chi connectivity index (χ3v) is 10.6. The number of fused-ring (bicyclic) bond motifs is 2. The number of anilines is 1. The Balaban J connectivity index is 1.38. The maximum absolute atomic E-state index is 14.3. The second kappa shape index (κ2) is 14.0. The van der Waals surface area contributed by atoms with E-state index in [1.54, 1.807) is 45.2 Å². The van der Waals surface area contributed by atoms with Gasteiger partial charge in [0.25, 0.3) is 5.91 Å². The van der Waals surface area contributed by atoms with Gasteiger partial charge in [0.1, 0.15) is 12.1 Å². The van der Waals surface area contributed by atoms with Crippen LogP contribution in [0.5, 0.6) is 0 Å². The standard InChI is InChI=1S/C33H36F2N5O7PS/c1-19(41)39-14-13-24-10-11-26(31(44)38(4)23-8-5-21(6-9-23)32(2,3)18-36)40(24)30(43)25(17-39)37-29(42)28-16-20-15-22(7-12-27(20)49-28)33(34,35)47-48(45)46/h5-9,12,15-16,24-26,48H,10-11,13-14,17H2,1-4H3,(H,37,42)(H,45,46)/t24-,25+,26+/m1/s1. The van der Waals surface area contributed by atoms with E-state index in [-0.39, 0.29) is 34.7 Å². The summed E-state index contributed by atoms with van der Waals surface area (Å²) >= 11 is 0.988. The lowest BCUT2D eigenvalue weighted by Gasteiger charge is -2.39. The molecule has 0 saturated carbocycles. The monoisotopic (exact) mass is 715 g/mol. The average Bonchev–Trinajstić information content (AvgIpc) is 3.68. The van der Waals surface area contributed by atoms with Crippen molar-refractivity contribution in [3.63, 3.8) is 0 Å². The first kappa shape index (κ1) is 36.1. The normalized spacial score (nSPS) is 20.6. The number of hydrogen-bond donors (Lipinski definition) is 2. The molecule has 4 atom stereocenters. The third kappa shape index (κ3) is 7.52. The van der Waals surface area contributed by atoms with Gasteiger partial charge in [-0.1, -0.05) is 12.1 Å². The van der Waals surface area contributed by atoms with Crippen molar-refractivity contribution < 1.29 is 41.9 Å². The van der Waals surface area contributed by atoms with E-state index in [4.69, 9.17) is 4.89 Å². The molecule has 2 N–H and O–H groups in total. The SMILES string of the molecule is CC(=O)N1CC[C@H]2CC[C@@H](C(=O)N(C)c3ccc(C(C)(C)C#N)cc3)N2C(=O)[C@@H](NC(=O)c2cc3cc(C(F)(F)O[PH](=O)O)ccc3s2)C1. The summed E-state index contributed by atoms with van der Waals surface area (Å²) in [6.07, 6.45) is -2.67. The largest absolute Gasteiger partial charge is 0.389 e. The Bertz CT molecular complexity index is 1860. The fraction of sp³-hybridized carbons (Fsp3) is 0.424. The molecule has 49 heavy (non-hydrogen) atoms. The van der Waals surface area contributed by atoms with Gasteiger partial charge in [0.05, 0.1) is 21.9 Å². The summed E-state index contributed by atoms with van der Waals surface area (Å²) in [4.78, 5) is 67.6. The summed E-state index contributed by atoms with van der Waals surface area (Å²) in [6.45, 7) is 5.15. The van der Waals surface area contributed by atoms with Crippen molar-refractivity contribution in [2.75, 3.05) is 25.0 Å². The van der Waals surface area contributed by atoms with E-state index in [2.05, 4.69) is 15.9 Å². The van der Waals surface area contributed by atoms with E-state index in [9.17, 15) is 37.8 Å². The van der Waals surface area contributed by atoms with Crippen molar-refractivity contribution >= 4 is 59.0 Å². The number of nitrogens with zero attached hydrogens (tertiary/aromatic N) is 4. The zero-order valence-corrected chi connectivity index (χ0v) is 29.1. The number of hydrogen-bond acceptors (Lipinski definition) is 8. The molecule has 3 aromatic rings. The predicted molar refractivity (Wildman–Crippen MR) is 178 cm³/mol. The van der Waals surface area contributed by atoms with Crippen LogP contribution in [0.3, 0.4) is 0 Å². The number of thiophene rings is 1. The molecule has 12 nitrogen and oxygen atoms in total. The number of benzene rings is 2. The molecule has 5 rings (SSSR count). The molecule has 260 valence electrons. The minimum absolute atomic E-state index is 0.102. The van der Waals surface area contributed by atoms with Crippen LogP contribution in [0.4, 0.5) is 14.5 Å². The first-order chi connectivity index (χ1) is 23.0. The molecule has 2 aromatic carbocycles. The van der Waals surface area contributed by atoms with Gasteiger partial charge in [-0.25, -0.2) is 4.52 Å².